The predicted octanol–water partition coefficient (Wildman–Crippen LogP) is 4.30. The highest BCUT2D eigenvalue weighted by molar-refractivity contribution is 5.28. The first-order valence-electron chi connectivity index (χ1n) is 4.59. The average Bonchev–Trinajstić information content (AvgIpc) is 2.54. The smallest absolute Gasteiger partial charge is 0.326 e. The van der Waals surface area contributed by atoms with Crippen molar-refractivity contribution < 1.29 is 57.4 Å². The van der Waals surface area contributed by atoms with Crippen molar-refractivity contribution in [1.82, 2.24) is 0 Å². The normalized spacial score (nSPS) is 22.7. The van der Waals surface area contributed by atoms with E-state index in [0.29, 0.717) is 0 Å². The molecule has 0 amide bonds. The molecule has 1 nitrogen and oxygen atoms in total. The van der Waals surface area contributed by atoms with E-state index in [1.165, 1.54) is 0 Å². The lowest BCUT2D eigenvalue weighted by molar-refractivity contribution is -0.433. The monoisotopic (exact) mass is 342 g/mol. The second-order valence-electron chi connectivity index (χ2n) is 3.90. The Kier molecular flexibility index (Phi) is 3.58. The summed E-state index contributed by atoms with van der Waals surface area (Å²) in [5.41, 5.74) is -11.4. The van der Waals surface area contributed by atoms with E-state index < -0.39 is 48.1 Å². The van der Waals surface area contributed by atoms with Crippen LogP contribution in [0.4, 0.5) is 52.7 Å². The molecular weight excluding hydrogens is 340 g/mol. The lowest BCUT2D eigenvalue weighted by atomic mass is 10.0. The van der Waals surface area contributed by atoms with E-state index in [1.807, 2.05) is 0 Å². The Hall–Kier alpha value is -1.14. The fourth-order valence-electron chi connectivity index (χ4n) is 1.49. The summed E-state index contributed by atoms with van der Waals surface area (Å²) in [7, 11) is 0. The number of halogens is 12. The molecular formula is C8H2F12O. The minimum absolute atomic E-state index is 1.33. The van der Waals surface area contributed by atoms with E-state index in [0.717, 1.165) is 0 Å². The van der Waals surface area contributed by atoms with Gasteiger partial charge < -0.3 is 4.74 Å². The third kappa shape index (κ3) is 2.34. The zero-order valence-corrected chi connectivity index (χ0v) is 9.10. The second-order valence-corrected chi connectivity index (χ2v) is 3.90. The summed E-state index contributed by atoms with van der Waals surface area (Å²) >= 11 is 0. The molecule has 0 atom stereocenters. The minimum atomic E-state index is -6.58. The van der Waals surface area contributed by atoms with Gasteiger partial charge in [0.25, 0.3) is 11.2 Å². The van der Waals surface area contributed by atoms with E-state index in [4.69, 9.17) is 0 Å². The molecule has 0 aromatic carbocycles. The number of hydrogen-bond donors (Lipinski definition) is 0. The van der Waals surface area contributed by atoms with Gasteiger partial charge in [0, 0.05) is 0 Å². The molecule has 0 aliphatic carbocycles. The summed E-state index contributed by atoms with van der Waals surface area (Å²) in [6.45, 7) is 0. The van der Waals surface area contributed by atoms with Gasteiger partial charge in [0.05, 0.1) is 0 Å². The SMILES string of the molecule is FC(F)(F)C1(C(F)(F)F)C=CC(C(F)(F)F)(C(F)(F)F)O1. The number of rotatable bonds is 0. The molecule has 0 aromatic heterocycles. The Morgan fingerprint density at radius 1 is 0.476 bits per heavy atom. The molecule has 1 rings (SSSR count). The van der Waals surface area contributed by atoms with Crippen LogP contribution in [0.25, 0.3) is 0 Å². The van der Waals surface area contributed by atoms with Gasteiger partial charge in [-0.3, -0.25) is 0 Å². The van der Waals surface area contributed by atoms with E-state index in [2.05, 4.69) is 4.74 Å². The van der Waals surface area contributed by atoms with Crippen LogP contribution in [0.2, 0.25) is 0 Å². The number of ether oxygens (including phenoxy) is 1. The Balaban J connectivity index is 3.55. The van der Waals surface area contributed by atoms with Crippen LogP contribution in [-0.2, 0) is 4.74 Å². The molecule has 0 bridgehead atoms. The van der Waals surface area contributed by atoms with Crippen LogP contribution < -0.4 is 0 Å². The van der Waals surface area contributed by atoms with Crippen molar-refractivity contribution in [3.63, 3.8) is 0 Å². The molecule has 0 N–H and O–H groups in total. The Morgan fingerprint density at radius 2 is 0.667 bits per heavy atom. The van der Waals surface area contributed by atoms with Crippen molar-refractivity contribution in [2.45, 2.75) is 35.9 Å². The summed E-state index contributed by atoms with van der Waals surface area (Å²) in [6, 6.07) is 0. The molecule has 1 aliphatic rings. The summed E-state index contributed by atoms with van der Waals surface area (Å²) in [5, 5.41) is 0. The van der Waals surface area contributed by atoms with Crippen LogP contribution in [0.15, 0.2) is 12.2 Å². The molecule has 1 heterocycles. The van der Waals surface area contributed by atoms with Crippen LogP contribution >= 0.6 is 0 Å². The second kappa shape index (κ2) is 4.20. The van der Waals surface area contributed by atoms with E-state index in [1.54, 1.807) is 0 Å². The van der Waals surface area contributed by atoms with Gasteiger partial charge in [-0.05, 0) is 12.2 Å². The number of alkyl halides is 12. The molecule has 0 saturated carbocycles. The van der Waals surface area contributed by atoms with Crippen molar-refractivity contribution in [1.29, 1.82) is 0 Å². The van der Waals surface area contributed by atoms with Gasteiger partial charge in [-0.15, -0.1) is 0 Å². The van der Waals surface area contributed by atoms with Crippen molar-refractivity contribution in [2.24, 2.45) is 0 Å². The average molecular weight is 342 g/mol. The zero-order chi connectivity index (χ0) is 17.1. The lowest BCUT2D eigenvalue weighted by Gasteiger charge is -2.38. The largest absolute Gasteiger partial charge is 0.430 e. The summed E-state index contributed by atoms with van der Waals surface area (Å²) in [4.78, 5) is 0. The van der Waals surface area contributed by atoms with E-state index in [9.17, 15) is 52.7 Å². The molecule has 0 saturated heterocycles. The topological polar surface area (TPSA) is 9.23 Å². The first kappa shape index (κ1) is 17.9. The van der Waals surface area contributed by atoms with Crippen molar-refractivity contribution in [3.05, 3.63) is 12.2 Å². The number of hydrogen-bond acceptors (Lipinski definition) is 1. The molecule has 21 heavy (non-hydrogen) atoms. The van der Waals surface area contributed by atoms with E-state index in [-0.39, 0.29) is 0 Å². The van der Waals surface area contributed by atoms with Gasteiger partial charge in [-0.25, -0.2) is 0 Å². The molecule has 0 aromatic rings. The molecule has 0 fully saturated rings. The van der Waals surface area contributed by atoms with Crippen LogP contribution in [-0.4, -0.2) is 35.9 Å². The summed E-state index contributed by atoms with van der Waals surface area (Å²) in [6.07, 6.45) is -29.0. The standard InChI is InChI=1S/C8H2F12O/c9-5(10,11)3(6(12,13)14)1-2-4(21-3,7(15,16)17)8(18,19)20/h1-2H. The van der Waals surface area contributed by atoms with Gasteiger partial charge in [0.15, 0.2) is 0 Å². The first-order valence-corrected chi connectivity index (χ1v) is 4.59. The predicted molar refractivity (Wildman–Crippen MR) is 39.9 cm³/mol. The maximum absolute atomic E-state index is 12.4. The molecule has 0 spiro atoms. The Bertz CT molecular complexity index is 364. The molecule has 0 radical (unpaired) electrons. The van der Waals surface area contributed by atoms with Crippen LogP contribution in [0.1, 0.15) is 0 Å². The minimum Gasteiger partial charge on any atom is -0.326 e. The highest BCUT2D eigenvalue weighted by atomic mass is 19.4. The van der Waals surface area contributed by atoms with Gasteiger partial charge in [-0.1, -0.05) is 0 Å². The van der Waals surface area contributed by atoms with Crippen LogP contribution in [0, 0.1) is 0 Å². The summed E-state index contributed by atoms with van der Waals surface area (Å²) in [5.74, 6) is 0. The highest BCUT2D eigenvalue weighted by Crippen LogP contribution is 2.59. The lowest BCUT2D eigenvalue weighted by Crippen LogP contribution is -2.64. The maximum atomic E-state index is 12.4. The zero-order valence-electron chi connectivity index (χ0n) is 9.10. The van der Waals surface area contributed by atoms with Gasteiger partial charge >= 0.3 is 24.7 Å². The molecule has 1 aliphatic heterocycles. The Labute approximate surface area is 107 Å². The van der Waals surface area contributed by atoms with Crippen molar-refractivity contribution in [3.8, 4) is 0 Å². The molecule has 13 heteroatoms. The van der Waals surface area contributed by atoms with Crippen molar-refractivity contribution in [2.75, 3.05) is 0 Å². The van der Waals surface area contributed by atoms with Crippen LogP contribution in [0.5, 0.6) is 0 Å². The third-order valence-corrected chi connectivity index (χ3v) is 2.56. The van der Waals surface area contributed by atoms with Crippen molar-refractivity contribution >= 4 is 0 Å². The Morgan fingerprint density at radius 3 is 0.762 bits per heavy atom. The molecule has 0 unspecified atom stereocenters. The first-order chi connectivity index (χ1) is 8.91. The van der Waals surface area contributed by atoms with Crippen LogP contribution in [0.3, 0.4) is 0 Å². The van der Waals surface area contributed by atoms with E-state index >= 15 is 0 Å². The summed E-state index contributed by atoms with van der Waals surface area (Å²) < 4.78 is 151. The van der Waals surface area contributed by atoms with Gasteiger partial charge in [0.1, 0.15) is 0 Å². The third-order valence-electron chi connectivity index (χ3n) is 2.56. The fraction of sp³-hybridized carbons (Fsp3) is 0.750. The highest BCUT2D eigenvalue weighted by Gasteiger charge is 2.83. The molecule has 124 valence electrons. The van der Waals surface area contributed by atoms with Gasteiger partial charge in [0.2, 0.25) is 0 Å². The fourth-order valence-corrected chi connectivity index (χ4v) is 1.49. The van der Waals surface area contributed by atoms with Gasteiger partial charge in [-0.2, -0.15) is 52.7 Å². The maximum Gasteiger partial charge on any atom is 0.430 e. The quantitative estimate of drug-likeness (QED) is 0.471.